The molecule has 5 heteroatoms. The third-order valence-corrected chi connectivity index (χ3v) is 3.01. The monoisotopic (exact) mass is 298 g/mol. The molecule has 0 aliphatic carbocycles. The minimum absolute atomic E-state index is 0.00140. The van der Waals surface area contributed by atoms with Crippen molar-refractivity contribution < 1.29 is 4.79 Å². The molecule has 0 unspecified atom stereocenters. The summed E-state index contributed by atoms with van der Waals surface area (Å²) in [7, 11) is 0. The van der Waals surface area contributed by atoms with Crippen LogP contribution in [0.15, 0.2) is 35.1 Å². The van der Waals surface area contributed by atoms with E-state index in [2.05, 4.69) is 25.9 Å². The number of halogens is 2. The van der Waals surface area contributed by atoms with E-state index in [9.17, 15) is 4.79 Å². The molecule has 1 N–H and O–H groups in total. The van der Waals surface area contributed by atoms with Gasteiger partial charge in [0.1, 0.15) is 5.82 Å². The van der Waals surface area contributed by atoms with Gasteiger partial charge in [0.2, 0.25) is 0 Å². The molecule has 0 spiro atoms. The third-order valence-electron chi connectivity index (χ3n) is 2.11. The predicted octanol–water partition coefficient (Wildman–Crippen LogP) is 3.25. The zero-order valence-electron chi connectivity index (χ0n) is 8.21. The summed E-state index contributed by atoms with van der Waals surface area (Å²) in [5.74, 6) is 0.658. The van der Waals surface area contributed by atoms with E-state index in [1.807, 2.05) is 0 Å². The number of imidazole rings is 1. The highest BCUT2D eigenvalue weighted by molar-refractivity contribution is 9.10. The van der Waals surface area contributed by atoms with Crippen LogP contribution in [0.25, 0.3) is 0 Å². The molecule has 0 aliphatic heterocycles. The number of carbonyl (C=O) groups excluding carboxylic acids is 1. The van der Waals surface area contributed by atoms with E-state index in [1.165, 1.54) is 0 Å². The second-order valence-electron chi connectivity index (χ2n) is 3.26. The minimum atomic E-state index is -0.00140. The quantitative estimate of drug-likeness (QED) is 0.884. The van der Waals surface area contributed by atoms with Gasteiger partial charge in [-0.2, -0.15) is 0 Å². The van der Waals surface area contributed by atoms with Gasteiger partial charge in [0, 0.05) is 27.5 Å². The van der Waals surface area contributed by atoms with Crippen LogP contribution in [-0.2, 0) is 6.42 Å². The van der Waals surface area contributed by atoms with Gasteiger partial charge in [0.15, 0.2) is 5.78 Å². The van der Waals surface area contributed by atoms with Crippen molar-refractivity contribution in [2.45, 2.75) is 6.42 Å². The van der Waals surface area contributed by atoms with Gasteiger partial charge < -0.3 is 4.98 Å². The van der Waals surface area contributed by atoms with Crippen LogP contribution in [0, 0.1) is 0 Å². The average molecular weight is 300 g/mol. The summed E-state index contributed by atoms with van der Waals surface area (Å²) in [5.41, 5.74) is 0.612. The summed E-state index contributed by atoms with van der Waals surface area (Å²) < 4.78 is 0.705. The predicted molar refractivity (Wildman–Crippen MR) is 65.8 cm³/mol. The number of nitrogens with zero attached hydrogens (tertiary/aromatic N) is 1. The van der Waals surface area contributed by atoms with Gasteiger partial charge in [0.25, 0.3) is 0 Å². The van der Waals surface area contributed by atoms with Gasteiger partial charge in [-0.3, -0.25) is 4.79 Å². The summed E-state index contributed by atoms with van der Waals surface area (Å²) in [4.78, 5) is 18.8. The maximum atomic E-state index is 11.9. The second kappa shape index (κ2) is 4.80. The lowest BCUT2D eigenvalue weighted by molar-refractivity contribution is 0.0990. The molecule has 1 heterocycles. The largest absolute Gasteiger partial charge is 0.348 e. The van der Waals surface area contributed by atoms with Crippen molar-refractivity contribution in [1.82, 2.24) is 9.97 Å². The molecule has 0 saturated carbocycles. The Morgan fingerprint density at radius 3 is 2.94 bits per heavy atom. The lowest BCUT2D eigenvalue weighted by Crippen LogP contribution is -2.05. The highest BCUT2D eigenvalue weighted by Crippen LogP contribution is 2.22. The number of aromatic amines is 1. The van der Waals surface area contributed by atoms with Crippen LogP contribution < -0.4 is 0 Å². The van der Waals surface area contributed by atoms with Crippen molar-refractivity contribution in [1.29, 1.82) is 0 Å². The summed E-state index contributed by atoms with van der Waals surface area (Å²) in [6, 6.07) is 5.11. The van der Waals surface area contributed by atoms with Crippen LogP contribution in [0.2, 0.25) is 5.02 Å². The molecule has 1 aromatic carbocycles. The van der Waals surface area contributed by atoms with Gasteiger partial charge in [-0.15, -0.1) is 0 Å². The summed E-state index contributed by atoms with van der Waals surface area (Å²) in [5, 5.41) is 0.599. The first-order valence-corrected chi connectivity index (χ1v) is 5.80. The number of Topliss-reactive ketones (excluding diaryl/α,β-unsaturated/α-hetero) is 1. The molecule has 0 radical (unpaired) electrons. The number of rotatable bonds is 3. The van der Waals surface area contributed by atoms with E-state index in [0.717, 1.165) is 0 Å². The van der Waals surface area contributed by atoms with Crippen LogP contribution in [-0.4, -0.2) is 15.8 Å². The van der Waals surface area contributed by atoms with Crippen molar-refractivity contribution in [3.05, 3.63) is 51.5 Å². The van der Waals surface area contributed by atoms with Gasteiger partial charge in [-0.25, -0.2) is 4.98 Å². The molecule has 16 heavy (non-hydrogen) atoms. The molecule has 0 bridgehead atoms. The number of nitrogens with one attached hydrogen (secondary N) is 1. The van der Waals surface area contributed by atoms with E-state index in [0.29, 0.717) is 20.9 Å². The Hall–Kier alpha value is -1.13. The lowest BCUT2D eigenvalue weighted by Gasteiger charge is -2.02. The first-order chi connectivity index (χ1) is 7.66. The fourth-order valence-corrected chi connectivity index (χ4v) is 2.26. The maximum absolute atomic E-state index is 11.9. The number of H-pyrrole nitrogens is 1. The summed E-state index contributed by atoms with van der Waals surface area (Å²) in [6.07, 6.45) is 3.58. The van der Waals surface area contributed by atoms with Crippen LogP contribution in [0.4, 0.5) is 0 Å². The molecule has 2 rings (SSSR count). The lowest BCUT2D eigenvalue weighted by atomic mass is 10.1. The fraction of sp³-hybridized carbons (Fsp3) is 0.0909. The standard InChI is InChI=1S/C11H8BrClN2O/c12-9-5-7(13)1-2-8(9)10(16)6-11-14-3-4-15-11/h1-5H,6H2,(H,14,15). The van der Waals surface area contributed by atoms with Crippen LogP contribution in [0.1, 0.15) is 16.2 Å². The van der Waals surface area contributed by atoms with Crippen LogP contribution >= 0.6 is 27.5 Å². The van der Waals surface area contributed by atoms with Crippen molar-refractivity contribution in [3.8, 4) is 0 Å². The molecular formula is C11H8BrClN2O. The molecule has 82 valence electrons. The number of aromatic nitrogens is 2. The highest BCUT2D eigenvalue weighted by atomic mass is 79.9. The van der Waals surface area contributed by atoms with E-state index in [1.54, 1.807) is 30.6 Å². The second-order valence-corrected chi connectivity index (χ2v) is 4.55. The fourth-order valence-electron chi connectivity index (χ4n) is 1.36. The van der Waals surface area contributed by atoms with Gasteiger partial charge in [-0.1, -0.05) is 11.6 Å². The first-order valence-electron chi connectivity index (χ1n) is 4.63. The maximum Gasteiger partial charge on any atom is 0.171 e. The molecule has 0 aliphatic rings. The van der Waals surface area contributed by atoms with Gasteiger partial charge in [-0.05, 0) is 34.1 Å². The molecule has 3 nitrogen and oxygen atoms in total. The van der Waals surface area contributed by atoms with Crippen LogP contribution in [0.3, 0.4) is 0 Å². The number of benzene rings is 1. The Labute approximate surface area is 106 Å². The number of ketones is 1. The zero-order chi connectivity index (χ0) is 11.5. The molecule has 0 amide bonds. The summed E-state index contributed by atoms with van der Waals surface area (Å²) in [6.45, 7) is 0. The summed E-state index contributed by atoms with van der Waals surface area (Å²) >= 11 is 9.12. The zero-order valence-corrected chi connectivity index (χ0v) is 10.5. The SMILES string of the molecule is O=C(Cc1ncc[nH]1)c1ccc(Cl)cc1Br. The van der Waals surface area contributed by atoms with E-state index < -0.39 is 0 Å². The van der Waals surface area contributed by atoms with Crippen LogP contribution in [0.5, 0.6) is 0 Å². The Morgan fingerprint density at radius 1 is 1.50 bits per heavy atom. The van der Waals surface area contributed by atoms with Gasteiger partial charge in [0.05, 0.1) is 6.42 Å². The smallest absolute Gasteiger partial charge is 0.171 e. The molecule has 0 fully saturated rings. The Morgan fingerprint density at radius 2 is 2.31 bits per heavy atom. The number of carbonyl (C=O) groups is 1. The third kappa shape index (κ3) is 2.51. The number of hydrogen-bond acceptors (Lipinski definition) is 2. The Balaban J connectivity index is 2.21. The highest BCUT2D eigenvalue weighted by Gasteiger charge is 2.12. The minimum Gasteiger partial charge on any atom is -0.348 e. The Bertz CT molecular complexity index is 511. The van der Waals surface area contributed by atoms with E-state index in [-0.39, 0.29) is 12.2 Å². The van der Waals surface area contributed by atoms with E-state index in [4.69, 9.17) is 11.6 Å². The normalized spacial score (nSPS) is 10.4. The van der Waals surface area contributed by atoms with E-state index >= 15 is 0 Å². The topological polar surface area (TPSA) is 45.8 Å². The molecule has 0 atom stereocenters. The van der Waals surface area contributed by atoms with Crippen molar-refractivity contribution in [2.24, 2.45) is 0 Å². The first kappa shape index (κ1) is 11.4. The van der Waals surface area contributed by atoms with Gasteiger partial charge >= 0.3 is 0 Å². The molecule has 0 saturated heterocycles. The van der Waals surface area contributed by atoms with Crippen molar-refractivity contribution in [3.63, 3.8) is 0 Å². The average Bonchev–Trinajstić information content (AvgIpc) is 2.70. The molecule has 1 aromatic heterocycles. The molecule has 2 aromatic rings. The van der Waals surface area contributed by atoms with Crippen molar-refractivity contribution >= 4 is 33.3 Å². The molecular weight excluding hydrogens is 291 g/mol. The van der Waals surface area contributed by atoms with Crippen molar-refractivity contribution in [2.75, 3.05) is 0 Å². The number of hydrogen-bond donors (Lipinski definition) is 1. The Kier molecular flexibility index (Phi) is 3.41.